The Balaban J connectivity index is 1.81. The molecular weight excluding hydrogens is 294 g/mol. The molecule has 1 heterocycles. The quantitative estimate of drug-likeness (QED) is 0.821. The van der Waals surface area contributed by atoms with Crippen LogP contribution in [0.2, 0.25) is 0 Å². The lowest BCUT2D eigenvalue weighted by Gasteiger charge is -2.38. The van der Waals surface area contributed by atoms with Gasteiger partial charge in [-0.3, -0.25) is 9.59 Å². The van der Waals surface area contributed by atoms with E-state index in [0.717, 1.165) is 19.4 Å². The van der Waals surface area contributed by atoms with Gasteiger partial charge >= 0.3 is 0 Å². The van der Waals surface area contributed by atoms with E-state index in [1.54, 1.807) is 24.3 Å². The molecule has 2 atom stereocenters. The van der Waals surface area contributed by atoms with E-state index in [-0.39, 0.29) is 11.9 Å². The Morgan fingerprint density at radius 3 is 2.61 bits per heavy atom. The van der Waals surface area contributed by atoms with E-state index < -0.39 is 5.91 Å². The Bertz CT molecular complexity index is 545. The summed E-state index contributed by atoms with van der Waals surface area (Å²) in [7, 11) is 0. The highest BCUT2D eigenvalue weighted by atomic mass is 16.5. The van der Waals surface area contributed by atoms with Gasteiger partial charge in [0.2, 0.25) is 11.8 Å². The second kappa shape index (κ2) is 7.97. The van der Waals surface area contributed by atoms with Gasteiger partial charge in [0.15, 0.2) is 0 Å². The third-order valence-corrected chi connectivity index (χ3v) is 4.29. The fourth-order valence-corrected chi connectivity index (χ4v) is 2.92. The number of likely N-dealkylation sites (tertiary alicyclic amines) is 1. The number of carbonyl (C=O) groups is 2. The van der Waals surface area contributed by atoms with Crippen molar-refractivity contribution in [1.82, 2.24) is 4.90 Å². The van der Waals surface area contributed by atoms with E-state index in [2.05, 4.69) is 6.92 Å². The molecule has 2 unspecified atom stereocenters. The summed E-state index contributed by atoms with van der Waals surface area (Å²) < 4.78 is 5.56. The topological polar surface area (TPSA) is 98.6 Å². The van der Waals surface area contributed by atoms with Crippen molar-refractivity contribution in [2.24, 2.45) is 17.4 Å². The maximum atomic E-state index is 12.3. The third kappa shape index (κ3) is 4.69. The number of hydrogen-bond donors (Lipinski definition) is 2. The van der Waals surface area contributed by atoms with E-state index in [0.29, 0.717) is 36.8 Å². The largest absolute Gasteiger partial charge is 0.493 e. The van der Waals surface area contributed by atoms with Crippen LogP contribution in [0, 0.1) is 5.92 Å². The molecule has 23 heavy (non-hydrogen) atoms. The standard InChI is InChI=1S/C17H25N3O3/c1-12-6-8-20(14(10-12)11-18)16(21)7-9-23-15-4-2-13(3-5-15)17(19)22/h2-5,12,14H,6-11,18H2,1H3,(H2,19,22). The van der Waals surface area contributed by atoms with Gasteiger partial charge in [-0.05, 0) is 43.0 Å². The lowest BCUT2D eigenvalue weighted by molar-refractivity contribution is -0.135. The van der Waals surface area contributed by atoms with Crippen molar-refractivity contribution in [1.29, 1.82) is 0 Å². The lowest BCUT2D eigenvalue weighted by atomic mass is 9.92. The maximum absolute atomic E-state index is 12.3. The molecule has 6 nitrogen and oxygen atoms in total. The van der Waals surface area contributed by atoms with Gasteiger partial charge in [-0.25, -0.2) is 0 Å². The Labute approximate surface area is 136 Å². The number of nitrogens with zero attached hydrogens (tertiary/aromatic N) is 1. The number of nitrogens with two attached hydrogens (primary N) is 2. The molecule has 1 aromatic carbocycles. The highest BCUT2D eigenvalue weighted by Crippen LogP contribution is 2.22. The van der Waals surface area contributed by atoms with E-state index >= 15 is 0 Å². The molecule has 6 heteroatoms. The minimum Gasteiger partial charge on any atom is -0.493 e. The molecule has 4 N–H and O–H groups in total. The average Bonchev–Trinajstić information content (AvgIpc) is 2.55. The molecule has 1 aromatic rings. The van der Waals surface area contributed by atoms with Gasteiger partial charge in [0.05, 0.1) is 13.0 Å². The first kappa shape index (κ1) is 17.3. The molecule has 2 rings (SSSR count). The van der Waals surface area contributed by atoms with Crippen molar-refractivity contribution in [3.63, 3.8) is 0 Å². The van der Waals surface area contributed by atoms with Crippen molar-refractivity contribution in [3.05, 3.63) is 29.8 Å². The SMILES string of the molecule is CC1CCN(C(=O)CCOc2ccc(C(N)=O)cc2)C(CN)C1. The van der Waals surface area contributed by atoms with Crippen LogP contribution in [0.5, 0.6) is 5.75 Å². The fraction of sp³-hybridized carbons (Fsp3) is 0.529. The van der Waals surface area contributed by atoms with Gasteiger partial charge < -0.3 is 21.1 Å². The fourth-order valence-electron chi connectivity index (χ4n) is 2.92. The van der Waals surface area contributed by atoms with Gasteiger partial charge in [-0.2, -0.15) is 0 Å². The summed E-state index contributed by atoms with van der Waals surface area (Å²) in [6.07, 6.45) is 2.32. The van der Waals surface area contributed by atoms with Crippen LogP contribution in [-0.2, 0) is 4.79 Å². The molecule has 0 bridgehead atoms. The second-order valence-corrected chi connectivity index (χ2v) is 6.09. The van der Waals surface area contributed by atoms with E-state index in [9.17, 15) is 9.59 Å². The number of benzene rings is 1. The highest BCUT2D eigenvalue weighted by molar-refractivity contribution is 5.92. The Morgan fingerprint density at radius 1 is 1.30 bits per heavy atom. The summed E-state index contributed by atoms with van der Waals surface area (Å²) in [6, 6.07) is 6.71. The molecule has 0 aromatic heterocycles. The summed E-state index contributed by atoms with van der Waals surface area (Å²) in [6.45, 7) is 3.78. The zero-order valence-corrected chi connectivity index (χ0v) is 13.5. The van der Waals surface area contributed by atoms with Crippen LogP contribution >= 0.6 is 0 Å². The first-order valence-electron chi connectivity index (χ1n) is 8.03. The molecule has 2 amide bonds. The predicted octanol–water partition coefficient (Wildman–Crippen LogP) is 1.14. The molecule has 1 aliphatic heterocycles. The lowest BCUT2D eigenvalue weighted by Crippen LogP contribution is -2.49. The second-order valence-electron chi connectivity index (χ2n) is 6.09. The van der Waals surface area contributed by atoms with Crippen LogP contribution in [0.3, 0.4) is 0 Å². The zero-order valence-electron chi connectivity index (χ0n) is 13.5. The van der Waals surface area contributed by atoms with Crippen LogP contribution in [0.15, 0.2) is 24.3 Å². The van der Waals surface area contributed by atoms with Crippen LogP contribution in [0.4, 0.5) is 0 Å². The molecule has 1 aliphatic rings. The number of primary amides is 1. The third-order valence-electron chi connectivity index (χ3n) is 4.29. The summed E-state index contributed by atoms with van der Waals surface area (Å²) in [4.78, 5) is 25.2. The van der Waals surface area contributed by atoms with Crippen molar-refractivity contribution in [3.8, 4) is 5.75 Å². The van der Waals surface area contributed by atoms with Crippen LogP contribution in [0.1, 0.15) is 36.5 Å². The minimum absolute atomic E-state index is 0.0844. The van der Waals surface area contributed by atoms with Crippen molar-refractivity contribution < 1.29 is 14.3 Å². The molecule has 1 fully saturated rings. The van der Waals surface area contributed by atoms with Crippen LogP contribution < -0.4 is 16.2 Å². The number of rotatable bonds is 6. The van der Waals surface area contributed by atoms with Crippen molar-refractivity contribution in [2.75, 3.05) is 19.7 Å². The van der Waals surface area contributed by atoms with E-state index in [1.165, 1.54) is 0 Å². The summed E-state index contributed by atoms with van der Waals surface area (Å²) in [5.74, 6) is 0.845. The predicted molar refractivity (Wildman–Crippen MR) is 88.0 cm³/mol. The summed E-state index contributed by atoms with van der Waals surface area (Å²) in [5, 5.41) is 0. The Kier molecular flexibility index (Phi) is 5.98. The normalized spacial score (nSPS) is 21.0. The number of hydrogen-bond acceptors (Lipinski definition) is 4. The van der Waals surface area contributed by atoms with Gasteiger partial charge in [-0.15, -0.1) is 0 Å². The molecule has 126 valence electrons. The van der Waals surface area contributed by atoms with Gasteiger partial charge in [-0.1, -0.05) is 6.92 Å². The van der Waals surface area contributed by atoms with Gasteiger partial charge in [0.1, 0.15) is 5.75 Å². The highest BCUT2D eigenvalue weighted by Gasteiger charge is 2.28. The van der Waals surface area contributed by atoms with Crippen molar-refractivity contribution in [2.45, 2.75) is 32.2 Å². The van der Waals surface area contributed by atoms with Gasteiger partial charge in [0.25, 0.3) is 0 Å². The minimum atomic E-state index is -0.473. The zero-order chi connectivity index (χ0) is 16.8. The monoisotopic (exact) mass is 319 g/mol. The maximum Gasteiger partial charge on any atom is 0.248 e. The Hall–Kier alpha value is -2.08. The average molecular weight is 319 g/mol. The number of ether oxygens (including phenoxy) is 1. The molecule has 0 radical (unpaired) electrons. The Morgan fingerprint density at radius 2 is 2.00 bits per heavy atom. The first-order valence-corrected chi connectivity index (χ1v) is 8.03. The molecule has 0 aliphatic carbocycles. The molecule has 0 spiro atoms. The van der Waals surface area contributed by atoms with E-state index in [4.69, 9.17) is 16.2 Å². The summed E-state index contributed by atoms with van der Waals surface area (Å²) >= 11 is 0. The molecule has 0 saturated carbocycles. The molecular formula is C17H25N3O3. The van der Waals surface area contributed by atoms with E-state index in [1.807, 2.05) is 4.90 Å². The number of piperidine rings is 1. The summed E-state index contributed by atoms with van der Waals surface area (Å²) in [5.41, 5.74) is 11.4. The number of carbonyl (C=O) groups excluding carboxylic acids is 2. The van der Waals surface area contributed by atoms with Crippen molar-refractivity contribution >= 4 is 11.8 Å². The smallest absolute Gasteiger partial charge is 0.248 e. The van der Waals surface area contributed by atoms with Crippen LogP contribution in [0.25, 0.3) is 0 Å². The number of amides is 2. The van der Waals surface area contributed by atoms with Gasteiger partial charge in [0, 0.05) is 24.7 Å². The molecule has 1 saturated heterocycles. The van der Waals surface area contributed by atoms with Crippen LogP contribution in [-0.4, -0.2) is 42.5 Å². The first-order chi connectivity index (χ1) is 11.0.